The summed E-state index contributed by atoms with van der Waals surface area (Å²) in [5, 5.41) is 7.41. The van der Waals surface area contributed by atoms with E-state index in [0.717, 1.165) is 4.90 Å². The highest BCUT2D eigenvalue weighted by Crippen LogP contribution is 2.20. The van der Waals surface area contributed by atoms with Gasteiger partial charge >= 0.3 is 0 Å². The number of nitrogens with one attached hydrogen (secondary N) is 1. The fraction of sp³-hybridized carbons (Fsp3) is 0.333. The lowest BCUT2D eigenvalue weighted by Gasteiger charge is -2.07. The molecule has 1 aromatic heterocycles. The van der Waals surface area contributed by atoms with Crippen molar-refractivity contribution in [3.05, 3.63) is 36.7 Å². The van der Waals surface area contributed by atoms with Crippen molar-refractivity contribution >= 4 is 27.5 Å². The summed E-state index contributed by atoms with van der Waals surface area (Å²) in [6, 6.07) is 7.39. The summed E-state index contributed by atoms with van der Waals surface area (Å²) in [6.45, 7) is 0.760. The van der Waals surface area contributed by atoms with E-state index in [1.807, 2.05) is 18.2 Å². The van der Waals surface area contributed by atoms with Crippen LogP contribution in [0.25, 0.3) is 0 Å². The monoisotopic (exact) mass is 327 g/mol. The van der Waals surface area contributed by atoms with Crippen LogP contribution in [0, 0.1) is 0 Å². The van der Waals surface area contributed by atoms with Gasteiger partial charge < -0.3 is 5.73 Å². The SMILES string of the molecule is Nc1cccc(SCCS(=O)(=O)NCCn2ccnn2)c1. The Kier molecular flexibility index (Phi) is 5.59. The molecule has 0 spiro atoms. The first kappa shape index (κ1) is 15.8. The van der Waals surface area contributed by atoms with E-state index in [1.54, 1.807) is 23.1 Å². The Balaban J connectivity index is 1.71. The third kappa shape index (κ3) is 5.74. The van der Waals surface area contributed by atoms with Gasteiger partial charge in [0, 0.05) is 29.1 Å². The van der Waals surface area contributed by atoms with Gasteiger partial charge in [0.05, 0.1) is 18.5 Å². The molecule has 1 aromatic carbocycles. The highest BCUT2D eigenvalue weighted by Gasteiger charge is 2.09. The lowest BCUT2D eigenvalue weighted by atomic mass is 10.3. The molecule has 0 amide bonds. The zero-order chi connectivity index (χ0) is 15.1. The van der Waals surface area contributed by atoms with E-state index < -0.39 is 10.0 Å². The number of anilines is 1. The predicted octanol–water partition coefficient (Wildman–Crippen LogP) is 0.572. The third-order valence-corrected chi connectivity index (χ3v) is 5.25. The van der Waals surface area contributed by atoms with Gasteiger partial charge in [-0.3, -0.25) is 4.68 Å². The van der Waals surface area contributed by atoms with Crippen LogP contribution >= 0.6 is 11.8 Å². The molecule has 0 aliphatic carbocycles. The number of benzene rings is 1. The van der Waals surface area contributed by atoms with Crippen molar-refractivity contribution < 1.29 is 8.42 Å². The van der Waals surface area contributed by atoms with E-state index in [4.69, 9.17) is 5.73 Å². The maximum absolute atomic E-state index is 11.8. The van der Waals surface area contributed by atoms with Crippen molar-refractivity contribution in [2.24, 2.45) is 0 Å². The number of nitrogens with two attached hydrogens (primary N) is 1. The molecule has 1 heterocycles. The highest BCUT2D eigenvalue weighted by molar-refractivity contribution is 8.00. The second-order valence-electron chi connectivity index (χ2n) is 4.30. The van der Waals surface area contributed by atoms with Gasteiger partial charge in [-0.25, -0.2) is 13.1 Å². The van der Waals surface area contributed by atoms with Crippen LogP contribution in [0.15, 0.2) is 41.6 Å². The molecule has 7 nitrogen and oxygen atoms in total. The molecular weight excluding hydrogens is 310 g/mol. The molecule has 114 valence electrons. The average Bonchev–Trinajstić information content (AvgIpc) is 2.91. The van der Waals surface area contributed by atoms with E-state index in [2.05, 4.69) is 15.0 Å². The van der Waals surface area contributed by atoms with Crippen LogP contribution in [0.3, 0.4) is 0 Å². The van der Waals surface area contributed by atoms with Crippen molar-refractivity contribution in [3.8, 4) is 0 Å². The standard InChI is InChI=1S/C12H17N5O2S2/c13-11-2-1-3-12(10-11)20-8-9-21(18,19)15-5-7-17-6-4-14-16-17/h1-4,6,10,15H,5,7-9,13H2. The minimum absolute atomic E-state index is 0.0593. The van der Waals surface area contributed by atoms with Crippen molar-refractivity contribution in [2.45, 2.75) is 11.4 Å². The van der Waals surface area contributed by atoms with Crippen LogP contribution < -0.4 is 10.5 Å². The molecule has 0 aliphatic heterocycles. The van der Waals surface area contributed by atoms with Gasteiger partial charge in [-0.05, 0) is 18.2 Å². The number of aromatic nitrogens is 3. The second-order valence-corrected chi connectivity index (χ2v) is 7.40. The molecule has 0 saturated carbocycles. The van der Waals surface area contributed by atoms with Gasteiger partial charge in [-0.2, -0.15) is 0 Å². The Morgan fingerprint density at radius 3 is 2.95 bits per heavy atom. The molecule has 0 fully saturated rings. The molecule has 9 heteroatoms. The molecule has 0 atom stereocenters. The predicted molar refractivity (Wildman–Crippen MR) is 83.4 cm³/mol. The Morgan fingerprint density at radius 2 is 2.24 bits per heavy atom. The highest BCUT2D eigenvalue weighted by atomic mass is 32.2. The molecule has 0 unspecified atom stereocenters. The molecule has 0 aliphatic rings. The molecule has 3 N–H and O–H groups in total. The Labute approximate surface area is 128 Å². The summed E-state index contributed by atoms with van der Waals surface area (Å²) < 4.78 is 27.8. The zero-order valence-corrected chi connectivity index (χ0v) is 13.0. The molecular formula is C12H17N5O2S2. The van der Waals surface area contributed by atoms with Crippen LogP contribution in [0.5, 0.6) is 0 Å². The van der Waals surface area contributed by atoms with Gasteiger partial charge in [0.25, 0.3) is 0 Å². The van der Waals surface area contributed by atoms with E-state index in [1.165, 1.54) is 11.8 Å². The zero-order valence-electron chi connectivity index (χ0n) is 11.3. The summed E-state index contributed by atoms with van der Waals surface area (Å²) in [4.78, 5) is 0.966. The van der Waals surface area contributed by atoms with Crippen LogP contribution in [0.1, 0.15) is 0 Å². The van der Waals surface area contributed by atoms with Crippen molar-refractivity contribution in [1.29, 1.82) is 0 Å². The normalized spacial score (nSPS) is 11.6. The largest absolute Gasteiger partial charge is 0.399 e. The first-order valence-corrected chi connectivity index (χ1v) is 8.99. The van der Waals surface area contributed by atoms with Gasteiger partial charge in [0.15, 0.2) is 0 Å². The fourth-order valence-corrected chi connectivity index (χ4v) is 4.00. The summed E-state index contributed by atoms with van der Waals surface area (Å²) in [7, 11) is -3.28. The fourth-order valence-electron chi connectivity index (χ4n) is 1.61. The average molecular weight is 327 g/mol. The third-order valence-electron chi connectivity index (χ3n) is 2.61. The van der Waals surface area contributed by atoms with Gasteiger partial charge in [0.1, 0.15) is 0 Å². The Hall–Kier alpha value is -1.58. The number of rotatable bonds is 8. The maximum Gasteiger partial charge on any atom is 0.212 e. The number of hydrogen-bond donors (Lipinski definition) is 2. The van der Waals surface area contributed by atoms with Gasteiger partial charge in [-0.15, -0.1) is 16.9 Å². The topological polar surface area (TPSA) is 103 Å². The maximum atomic E-state index is 11.8. The lowest BCUT2D eigenvalue weighted by Crippen LogP contribution is -2.30. The smallest absolute Gasteiger partial charge is 0.212 e. The molecule has 2 rings (SSSR count). The number of nitrogens with zero attached hydrogens (tertiary/aromatic N) is 3. The van der Waals surface area contributed by atoms with Gasteiger partial charge in [-0.1, -0.05) is 11.3 Å². The van der Waals surface area contributed by atoms with Gasteiger partial charge in [0.2, 0.25) is 10.0 Å². The molecule has 21 heavy (non-hydrogen) atoms. The number of thioether (sulfide) groups is 1. The second kappa shape index (κ2) is 7.43. The number of nitrogen functional groups attached to an aromatic ring is 1. The number of hydrogen-bond acceptors (Lipinski definition) is 6. The molecule has 0 bridgehead atoms. The molecule has 0 saturated heterocycles. The Bertz CT molecular complexity index is 658. The van der Waals surface area contributed by atoms with E-state index in [9.17, 15) is 8.42 Å². The summed E-state index contributed by atoms with van der Waals surface area (Å²) in [5.74, 6) is 0.534. The molecule has 0 radical (unpaired) electrons. The summed E-state index contributed by atoms with van der Waals surface area (Å²) in [6.07, 6.45) is 3.24. The summed E-state index contributed by atoms with van der Waals surface area (Å²) >= 11 is 1.47. The lowest BCUT2D eigenvalue weighted by molar-refractivity contribution is 0.554. The van der Waals surface area contributed by atoms with Crippen LogP contribution in [-0.4, -0.2) is 41.5 Å². The molecule has 2 aromatic rings. The van der Waals surface area contributed by atoms with Crippen LogP contribution in [0.4, 0.5) is 5.69 Å². The quantitative estimate of drug-likeness (QED) is 0.543. The first-order chi connectivity index (χ1) is 10.1. The first-order valence-electron chi connectivity index (χ1n) is 6.35. The summed E-state index contributed by atoms with van der Waals surface area (Å²) in [5.41, 5.74) is 6.35. The van der Waals surface area contributed by atoms with Crippen molar-refractivity contribution in [3.63, 3.8) is 0 Å². The van der Waals surface area contributed by atoms with E-state index >= 15 is 0 Å². The van der Waals surface area contributed by atoms with E-state index in [0.29, 0.717) is 24.5 Å². The van der Waals surface area contributed by atoms with Crippen molar-refractivity contribution in [1.82, 2.24) is 19.7 Å². The van der Waals surface area contributed by atoms with E-state index in [-0.39, 0.29) is 5.75 Å². The number of sulfonamides is 1. The van der Waals surface area contributed by atoms with Crippen molar-refractivity contribution in [2.75, 3.05) is 23.8 Å². The Morgan fingerprint density at radius 1 is 1.38 bits per heavy atom. The van der Waals surface area contributed by atoms with Crippen LogP contribution in [-0.2, 0) is 16.6 Å². The minimum Gasteiger partial charge on any atom is -0.399 e. The van der Waals surface area contributed by atoms with Crippen LogP contribution in [0.2, 0.25) is 0 Å². The minimum atomic E-state index is -3.28.